The van der Waals surface area contributed by atoms with Gasteiger partial charge in [-0.3, -0.25) is 9.88 Å². The number of pyridine rings is 1. The largest absolute Gasteiger partial charge is 0.368 e. The van der Waals surface area contributed by atoms with Gasteiger partial charge >= 0.3 is 0 Å². The van der Waals surface area contributed by atoms with E-state index in [0.29, 0.717) is 12.4 Å². The molecule has 1 fully saturated rings. The number of fused-ring (bicyclic) bond motifs is 1. The first-order chi connectivity index (χ1) is 12.6. The normalized spacial score (nSPS) is 15.7. The topological polar surface area (TPSA) is 58.3 Å². The van der Waals surface area contributed by atoms with Gasteiger partial charge in [-0.1, -0.05) is 12.1 Å². The maximum Gasteiger partial charge on any atom is 0.226 e. The molecule has 26 heavy (non-hydrogen) atoms. The van der Waals surface area contributed by atoms with Gasteiger partial charge in [-0.15, -0.1) is 0 Å². The first-order valence-corrected chi connectivity index (χ1v) is 8.98. The zero-order valence-electron chi connectivity index (χ0n) is 15.1. The van der Waals surface area contributed by atoms with E-state index in [4.69, 9.17) is 4.52 Å². The second-order valence-electron chi connectivity index (χ2n) is 6.67. The molecule has 1 aliphatic heterocycles. The Morgan fingerprint density at radius 1 is 1.12 bits per heavy atom. The van der Waals surface area contributed by atoms with Gasteiger partial charge in [0.05, 0.1) is 12.1 Å². The van der Waals surface area contributed by atoms with Gasteiger partial charge in [0.15, 0.2) is 5.82 Å². The molecule has 0 radical (unpaired) electrons. The van der Waals surface area contributed by atoms with E-state index in [1.807, 2.05) is 19.9 Å². The lowest BCUT2D eigenvalue weighted by Gasteiger charge is -2.36. The minimum absolute atomic E-state index is 0.230. The highest BCUT2D eigenvalue weighted by Gasteiger charge is 2.21. The molecule has 1 saturated heterocycles. The summed E-state index contributed by atoms with van der Waals surface area (Å²) in [5, 5.41) is 4.90. The van der Waals surface area contributed by atoms with Crippen LogP contribution in [0, 0.1) is 12.7 Å². The fourth-order valence-corrected chi connectivity index (χ4v) is 3.42. The summed E-state index contributed by atoms with van der Waals surface area (Å²) in [5.41, 5.74) is 2.84. The zero-order chi connectivity index (χ0) is 18.1. The van der Waals surface area contributed by atoms with Crippen molar-refractivity contribution in [3.05, 3.63) is 47.5 Å². The van der Waals surface area contributed by atoms with E-state index in [0.717, 1.165) is 60.7 Å². The van der Waals surface area contributed by atoms with Crippen molar-refractivity contribution in [2.24, 2.45) is 0 Å². The number of rotatable bonds is 4. The summed E-state index contributed by atoms with van der Waals surface area (Å²) in [5.74, 6) is 1.19. The Morgan fingerprint density at radius 2 is 1.92 bits per heavy atom. The number of anilines is 1. The Labute approximate surface area is 151 Å². The number of halogens is 1. The lowest BCUT2D eigenvalue weighted by Crippen LogP contribution is -2.46. The number of hydrogen-bond acceptors (Lipinski definition) is 6. The Bertz CT molecular complexity index is 917. The molecule has 0 saturated carbocycles. The van der Waals surface area contributed by atoms with Gasteiger partial charge in [0.25, 0.3) is 0 Å². The lowest BCUT2D eigenvalue weighted by molar-refractivity contribution is 0.240. The van der Waals surface area contributed by atoms with E-state index in [-0.39, 0.29) is 5.82 Å². The summed E-state index contributed by atoms with van der Waals surface area (Å²) < 4.78 is 18.9. The smallest absolute Gasteiger partial charge is 0.226 e. The molecule has 0 N–H and O–H groups in total. The number of piperazine rings is 1. The number of benzene rings is 1. The summed E-state index contributed by atoms with van der Waals surface area (Å²) in [6, 6.07) is 6.84. The molecule has 0 amide bonds. The standard InChI is InChI=1S/C19H22FN5O/c1-3-19-22-18(23-26-19)12-24-6-8-25(9-7-24)17-10-13(2)21-16-5-4-14(20)11-15(16)17/h4-5,10-11H,3,6-9,12H2,1-2H3. The fourth-order valence-electron chi connectivity index (χ4n) is 3.42. The molecular weight excluding hydrogens is 333 g/mol. The molecule has 0 unspecified atom stereocenters. The van der Waals surface area contributed by atoms with Crippen molar-refractivity contribution in [1.82, 2.24) is 20.0 Å². The maximum atomic E-state index is 13.7. The van der Waals surface area contributed by atoms with Crippen LogP contribution in [0.1, 0.15) is 24.3 Å². The predicted octanol–water partition coefficient (Wildman–Crippen LogP) is 2.95. The Kier molecular flexibility index (Phi) is 4.55. The number of aromatic nitrogens is 3. The van der Waals surface area contributed by atoms with Crippen molar-refractivity contribution >= 4 is 16.6 Å². The maximum absolute atomic E-state index is 13.7. The second kappa shape index (κ2) is 6.99. The molecule has 7 heteroatoms. The van der Waals surface area contributed by atoms with Crippen molar-refractivity contribution in [2.75, 3.05) is 31.1 Å². The molecule has 6 nitrogen and oxygen atoms in total. The molecule has 0 spiro atoms. The summed E-state index contributed by atoms with van der Waals surface area (Å²) in [7, 11) is 0. The van der Waals surface area contributed by atoms with Crippen LogP contribution in [-0.4, -0.2) is 46.2 Å². The molecule has 136 valence electrons. The van der Waals surface area contributed by atoms with Crippen LogP contribution in [0.15, 0.2) is 28.8 Å². The minimum Gasteiger partial charge on any atom is -0.368 e. The summed E-state index contributed by atoms with van der Waals surface area (Å²) in [4.78, 5) is 13.5. The van der Waals surface area contributed by atoms with Crippen LogP contribution in [0.2, 0.25) is 0 Å². The van der Waals surface area contributed by atoms with Crippen molar-refractivity contribution in [2.45, 2.75) is 26.8 Å². The van der Waals surface area contributed by atoms with E-state index in [2.05, 4.69) is 24.9 Å². The average Bonchev–Trinajstić information content (AvgIpc) is 3.10. The first-order valence-electron chi connectivity index (χ1n) is 8.98. The average molecular weight is 355 g/mol. The quantitative estimate of drug-likeness (QED) is 0.717. The zero-order valence-corrected chi connectivity index (χ0v) is 15.1. The number of hydrogen-bond donors (Lipinski definition) is 0. The van der Waals surface area contributed by atoms with E-state index in [9.17, 15) is 4.39 Å². The third-order valence-corrected chi connectivity index (χ3v) is 4.77. The molecule has 0 aliphatic carbocycles. The lowest BCUT2D eigenvalue weighted by atomic mass is 10.1. The highest BCUT2D eigenvalue weighted by Crippen LogP contribution is 2.28. The van der Waals surface area contributed by atoms with Crippen LogP contribution in [0.25, 0.3) is 10.9 Å². The Morgan fingerprint density at radius 3 is 2.65 bits per heavy atom. The molecule has 1 aromatic carbocycles. The molecule has 3 aromatic rings. The third-order valence-electron chi connectivity index (χ3n) is 4.77. The van der Waals surface area contributed by atoms with E-state index in [1.165, 1.54) is 6.07 Å². The van der Waals surface area contributed by atoms with Crippen molar-refractivity contribution in [1.29, 1.82) is 0 Å². The Balaban J connectivity index is 1.49. The molecule has 1 aliphatic rings. The van der Waals surface area contributed by atoms with Gasteiger partial charge in [-0.05, 0) is 31.2 Å². The molecule has 2 aromatic heterocycles. The third kappa shape index (κ3) is 3.39. The van der Waals surface area contributed by atoms with Crippen molar-refractivity contribution < 1.29 is 8.91 Å². The summed E-state index contributed by atoms with van der Waals surface area (Å²) in [6.07, 6.45) is 0.756. The van der Waals surface area contributed by atoms with Gasteiger partial charge in [0.1, 0.15) is 5.82 Å². The molecule has 3 heterocycles. The molecular formula is C19H22FN5O. The van der Waals surface area contributed by atoms with Gasteiger partial charge in [0.2, 0.25) is 5.89 Å². The number of nitrogens with zero attached hydrogens (tertiary/aromatic N) is 5. The highest BCUT2D eigenvalue weighted by molar-refractivity contribution is 5.92. The molecule has 0 bridgehead atoms. The minimum atomic E-state index is -0.230. The van der Waals surface area contributed by atoms with E-state index < -0.39 is 0 Å². The van der Waals surface area contributed by atoms with E-state index >= 15 is 0 Å². The Hall–Kier alpha value is -2.54. The summed E-state index contributed by atoms with van der Waals surface area (Å²) >= 11 is 0. The van der Waals surface area contributed by atoms with E-state index in [1.54, 1.807) is 12.1 Å². The van der Waals surface area contributed by atoms with Gasteiger partial charge in [0, 0.05) is 49.4 Å². The van der Waals surface area contributed by atoms with Gasteiger partial charge < -0.3 is 9.42 Å². The van der Waals surface area contributed by atoms with Crippen molar-refractivity contribution in [3.8, 4) is 0 Å². The van der Waals surface area contributed by atoms with Crippen LogP contribution in [0.4, 0.5) is 10.1 Å². The number of aryl methyl sites for hydroxylation is 2. The predicted molar refractivity (Wildman–Crippen MR) is 97.6 cm³/mol. The first kappa shape index (κ1) is 16.9. The van der Waals surface area contributed by atoms with Crippen LogP contribution >= 0.6 is 0 Å². The second-order valence-corrected chi connectivity index (χ2v) is 6.67. The summed E-state index contributed by atoms with van der Waals surface area (Å²) in [6.45, 7) is 8.20. The van der Waals surface area contributed by atoms with Crippen LogP contribution < -0.4 is 4.90 Å². The van der Waals surface area contributed by atoms with Crippen LogP contribution in [0.5, 0.6) is 0 Å². The van der Waals surface area contributed by atoms with Gasteiger partial charge in [-0.2, -0.15) is 4.98 Å². The van der Waals surface area contributed by atoms with Gasteiger partial charge in [-0.25, -0.2) is 4.39 Å². The van der Waals surface area contributed by atoms with Crippen LogP contribution in [0.3, 0.4) is 0 Å². The highest BCUT2D eigenvalue weighted by atomic mass is 19.1. The molecule has 0 atom stereocenters. The SMILES string of the molecule is CCc1nc(CN2CCN(c3cc(C)nc4ccc(F)cc34)CC2)no1. The molecule has 4 rings (SSSR count). The van der Waals surface area contributed by atoms with Crippen molar-refractivity contribution in [3.63, 3.8) is 0 Å². The fraction of sp³-hybridized carbons (Fsp3) is 0.421. The monoisotopic (exact) mass is 355 g/mol. The van der Waals surface area contributed by atoms with Crippen LogP contribution in [-0.2, 0) is 13.0 Å².